The van der Waals surface area contributed by atoms with E-state index in [9.17, 15) is 4.79 Å². The van der Waals surface area contributed by atoms with E-state index in [2.05, 4.69) is 0 Å². The van der Waals surface area contributed by atoms with Gasteiger partial charge in [0.15, 0.2) is 0 Å². The molecule has 0 spiro atoms. The zero-order valence-corrected chi connectivity index (χ0v) is 11.0. The van der Waals surface area contributed by atoms with Gasteiger partial charge in [0.25, 0.3) is 0 Å². The van der Waals surface area contributed by atoms with Gasteiger partial charge in [0, 0.05) is 17.0 Å². The number of nitrogen functional groups attached to an aromatic ring is 1. The normalized spacial score (nSPS) is 10.3. The van der Waals surface area contributed by atoms with Crippen LogP contribution < -0.4 is 5.73 Å². The lowest BCUT2D eigenvalue weighted by Crippen LogP contribution is -2.10. The Balaban J connectivity index is 1.93. The van der Waals surface area contributed by atoms with E-state index in [1.54, 1.807) is 29.5 Å². The number of esters is 1. The molecule has 18 heavy (non-hydrogen) atoms. The van der Waals surface area contributed by atoms with Crippen LogP contribution in [0.3, 0.4) is 0 Å². The van der Waals surface area contributed by atoms with Crippen LogP contribution in [-0.2, 0) is 11.2 Å². The minimum Gasteiger partial charge on any atom is -0.462 e. The summed E-state index contributed by atoms with van der Waals surface area (Å²) in [6, 6.07) is 9.29. The van der Waals surface area contributed by atoms with Gasteiger partial charge in [0.05, 0.1) is 12.2 Å². The summed E-state index contributed by atoms with van der Waals surface area (Å²) in [5.41, 5.74) is 7.69. The Hall–Kier alpha value is -1.81. The van der Waals surface area contributed by atoms with E-state index in [-0.39, 0.29) is 5.97 Å². The molecule has 0 radical (unpaired) electrons. The van der Waals surface area contributed by atoms with E-state index in [1.807, 2.05) is 24.4 Å². The number of carbonyl (C=O) groups excluding carboxylic acids is 1. The van der Waals surface area contributed by atoms with Gasteiger partial charge in [-0.3, -0.25) is 0 Å². The lowest BCUT2D eigenvalue weighted by Gasteiger charge is -2.08. The Bertz CT molecular complexity index is 535. The fraction of sp³-hybridized carbons (Fsp3) is 0.214. The van der Waals surface area contributed by atoms with E-state index in [0.29, 0.717) is 17.9 Å². The molecule has 0 fully saturated rings. The molecule has 3 nitrogen and oxygen atoms in total. The highest BCUT2D eigenvalue weighted by Gasteiger charge is 2.11. The van der Waals surface area contributed by atoms with Gasteiger partial charge in [-0.15, -0.1) is 11.3 Å². The van der Waals surface area contributed by atoms with Crippen molar-refractivity contribution >= 4 is 23.0 Å². The van der Waals surface area contributed by atoms with Crippen molar-refractivity contribution in [1.82, 2.24) is 0 Å². The molecule has 2 N–H and O–H groups in total. The van der Waals surface area contributed by atoms with Crippen molar-refractivity contribution in [2.75, 3.05) is 12.3 Å². The number of nitrogens with two attached hydrogens (primary N) is 1. The topological polar surface area (TPSA) is 52.3 Å². The Morgan fingerprint density at radius 2 is 2.17 bits per heavy atom. The summed E-state index contributed by atoms with van der Waals surface area (Å²) in [7, 11) is 0. The third-order valence-corrected chi connectivity index (χ3v) is 3.69. The van der Waals surface area contributed by atoms with Crippen molar-refractivity contribution in [3.63, 3.8) is 0 Å². The molecule has 0 amide bonds. The van der Waals surface area contributed by atoms with Gasteiger partial charge >= 0.3 is 5.97 Å². The van der Waals surface area contributed by atoms with Crippen molar-refractivity contribution in [1.29, 1.82) is 0 Å². The molecule has 0 atom stereocenters. The van der Waals surface area contributed by atoms with Crippen LogP contribution >= 0.6 is 11.3 Å². The molecule has 0 aliphatic rings. The third-order valence-electron chi connectivity index (χ3n) is 2.76. The van der Waals surface area contributed by atoms with E-state index in [4.69, 9.17) is 10.5 Å². The number of benzene rings is 1. The monoisotopic (exact) mass is 261 g/mol. The minimum atomic E-state index is -0.309. The van der Waals surface area contributed by atoms with Gasteiger partial charge in [-0.05, 0) is 36.1 Å². The first-order valence-electron chi connectivity index (χ1n) is 5.73. The van der Waals surface area contributed by atoms with Crippen LogP contribution in [0.4, 0.5) is 5.69 Å². The molecule has 0 unspecified atom stereocenters. The second kappa shape index (κ2) is 5.69. The van der Waals surface area contributed by atoms with Gasteiger partial charge in [0.1, 0.15) is 0 Å². The van der Waals surface area contributed by atoms with Gasteiger partial charge < -0.3 is 10.5 Å². The molecular formula is C14H15NO2S. The smallest absolute Gasteiger partial charge is 0.338 e. The van der Waals surface area contributed by atoms with Gasteiger partial charge in [-0.1, -0.05) is 12.1 Å². The summed E-state index contributed by atoms with van der Waals surface area (Å²) in [6.45, 7) is 2.22. The van der Waals surface area contributed by atoms with Crippen molar-refractivity contribution < 1.29 is 9.53 Å². The lowest BCUT2D eigenvalue weighted by molar-refractivity contribution is 0.0509. The largest absolute Gasteiger partial charge is 0.462 e. The molecule has 94 valence electrons. The van der Waals surface area contributed by atoms with Crippen LogP contribution in [0.25, 0.3) is 0 Å². The summed E-state index contributed by atoms with van der Waals surface area (Å²) in [4.78, 5) is 13.1. The second-order valence-electron chi connectivity index (χ2n) is 3.99. The first kappa shape index (κ1) is 12.6. The molecule has 2 aromatic rings. The Labute approximate surface area is 110 Å². The standard InChI is InChI=1S/C14H15NO2S/c1-10-12(5-2-6-13(10)15)14(16)17-8-7-11-4-3-9-18-11/h2-6,9H,7-8,15H2,1H3. The van der Waals surface area contributed by atoms with Crippen molar-refractivity contribution in [3.8, 4) is 0 Å². The number of ether oxygens (including phenoxy) is 1. The van der Waals surface area contributed by atoms with Crippen LogP contribution in [0.5, 0.6) is 0 Å². The number of thiophene rings is 1. The van der Waals surface area contributed by atoms with E-state index >= 15 is 0 Å². The summed E-state index contributed by atoms with van der Waals surface area (Å²) in [6.07, 6.45) is 0.755. The number of rotatable bonds is 4. The second-order valence-corrected chi connectivity index (χ2v) is 5.02. The molecule has 1 heterocycles. The molecule has 0 saturated carbocycles. The van der Waals surface area contributed by atoms with E-state index in [0.717, 1.165) is 12.0 Å². The number of hydrogen-bond acceptors (Lipinski definition) is 4. The summed E-state index contributed by atoms with van der Waals surface area (Å²) < 4.78 is 5.25. The maximum atomic E-state index is 11.9. The maximum absolute atomic E-state index is 11.9. The Kier molecular flexibility index (Phi) is 3.99. The minimum absolute atomic E-state index is 0.309. The first-order chi connectivity index (χ1) is 8.68. The SMILES string of the molecule is Cc1c(N)cccc1C(=O)OCCc1cccs1. The number of carbonyl (C=O) groups is 1. The third kappa shape index (κ3) is 2.90. The zero-order valence-electron chi connectivity index (χ0n) is 10.2. The average molecular weight is 261 g/mol. The highest BCUT2D eigenvalue weighted by molar-refractivity contribution is 7.09. The summed E-state index contributed by atoms with van der Waals surface area (Å²) in [5, 5.41) is 2.01. The zero-order chi connectivity index (χ0) is 13.0. The fourth-order valence-electron chi connectivity index (χ4n) is 1.65. The van der Waals surface area contributed by atoms with Crippen LogP contribution in [-0.4, -0.2) is 12.6 Å². The molecular weight excluding hydrogens is 246 g/mol. The van der Waals surface area contributed by atoms with Gasteiger partial charge in [-0.2, -0.15) is 0 Å². The molecule has 0 aliphatic carbocycles. The predicted octanol–water partition coefficient (Wildman–Crippen LogP) is 3.04. The Morgan fingerprint density at radius 3 is 2.89 bits per heavy atom. The average Bonchev–Trinajstić information content (AvgIpc) is 2.85. The van der Waals surface area contributed by atoms with E-state index in [1.165, 1.54) is 4.88 Å². The van der Waals surface area contributed by atoms with Crippen molar-refractivity contribution in [2.24, 2.45) is 0 Å². The molecule has 0 saturated heterocycles. The summed E-state index contributed by atoms with van der Waals surface area (Å²) >= 11 is 1.66. The van der Waals surface area contributed by atoms with Crippen LogP contribution in [0.2, 0.25) is 0 Å². The molecule has 1 aromatic heterocycles. The molecule has 2 rings (SSSR count). The van der Waals surface area contributed by atoms with Gasteiger partial charge in [0.2, 0.25) is 0 Å². The number of anilines is 1. The highest BCUT2D eigenvalue weighted by Crippen LogP contribution is 2.16. The van der Waals surface area contributed by atoms with Crippen LogP contribution in [0.1, 0.15) is 20.8 Å². The molecule has 0 bridgehead atoms. The van der Waals surface area contributed by atoms with Gasteiger partial charge in [-0.25, -0.2) is 4.79 Å². The maximum Gasteiger partial charge on any atom is 0.338 e. The van der Waals surface area contributed by atoms with Crippen molar-refractivity contribution in [3.05, 3.63) is 51.7 Å². The lowest BCUT2D eigenvalue weighted by atomic mass is 10.1. The fourth-order valence-corrected chi connectivity index (χ4v) is 2.34. The van der Waals surface area contributed by atoms with Crippen molar-refractivity contribution in [2.45, 2.75) is 13.3 Å². The predicted molar refractivity (Wildman–Crippen MR) is 73.9 cm³/mol. The molecule has 4 heteroatoms. The highest BCUT2D eigenvalue weighted by atomic mass is 32.1. The number of hydrogen-bond donors (Lipinski definition) is 1. The van der Waals surface area contributed by atoms with Crippen LogP contribution in [0.15, 0.2) is 35.7 Å². The first-order valence-corrected chi connectivity index (χ1v) is 6.61. The quantitative estimate of drug-likeness (QED) is 0.680. The Morgan fingerprint density at radius 1 is 1.33 bits per heavy atom. The van der Waals surface area contributed by atoms with E-state index < -0.39 is 0 Å². The van der Waals surface area contributed by atoms with Crippen LogP contribution in [0, 0.1) is 6.92 Å². The molecule has 0 aliphatic heterocycles. The molecule has 1 aromatic carbocycles. The summed E-state index contributed by atoms with van der Waals surface area (Å²) in [5.74, 6) is -0.309.